The van der Waals surface area contributed by atoms with Gasteiger partial charge in [0, 0.05) is 5.69 Å². The molecule has 1 heterocycles. The molecule has 0 aliphatic rings. The summed E-state index contributed by atoms with van der Waals surface area (Å²) in [6.45, 7) is 3.93. The largest absolute Gasteiger partial charge is 0.355 e. The lowest BCUT2D eigenvalue weighted by Crippen LogP contribution is -2.26. The number of hydrazine groups is 1. The number of hydrogen-bond donors (Lipinski definition) is 2. The lowest BCUT2D eigenvalue weighted by atomic mass is 10.1. The van der Waals surface area contributed by atoms with Gasteiger partial charge in [0.25, 0.3) is 0 Å². The van der Waals surface area contributed by atoms with E-state index in [1.165, 1.54) is 6.33 Å². The summed E-state index contributed by atoms with van der Waals surface area (Å²) >= 11 is 0. The number of anilines is 5. The smallest absolute Gasteiger partial charge is 0.334 e. The van der Waals surface area contributed by atoms with Gasteiger partial charge in [-0.2, -0.15) is 0 Å². The van der Waals surface area contributed by atoms with Gasteiger partial charge in [-0.05, 0) is 49.7 Å². The van der Waals surface area contributed by atoms with E-state index >= 15 is 0 Å². The van der Waals surface area contributed by atoms with Crippen LogP contribution in [0.1, 0.15) is 11.1 Å². The van der Waals surface area contributed by atoms with Crippen LogP contribution in [-0.2, 0) is 0 Å². The molecule has 160 valence electrons. The Labute approximate surface area is 185 Å². The van der Waals surface area contributed by atoms with Crippen molar-refractivity contribution in [3.8, 4) is 0 Å². The topological polar surface area (TPSA) is 96.2 Å². The number of aromatic nitrogens is 2. The first-order valence-corrected chi connectivity index (χ1v) is 10.0. The summed E-state index contributed by atoms with van der Waals surface area (Å²) in [5.74, 6) is 0.186. The van der Waals surface area contributed by atoms with E-state index in [2.05, 4.69) is 20.7 Å². The maximum Gasteiger partial charge on any atom is 0.355 e. The quantitative estimate of drug-likeness (QED) is 0.280. The van der Waals surface area contributed by atoms with Gasteiger partial charge in [0.05, 0.1) is 16.3 Å². The molecule has 0 aliphatic carbocycles. The lowest BCUT2D eigenvalue weighted by molar-refractivity contribution is -0.383. The number of nitrogens with zero attached hydrogens (tertiary/aromatic N) is 4. The predicted octanol–water partition coefficient (Wildman–Crippen LogP) is 5.91. The monoisotopic (exact) mass is 426 g/mol. The number of rotatable bonds is 7. The van der Waals surface area contributed by atoms with E-state index in [0.717, 1.165) is 28.2 Å². The molecule has 0 aliphatic heterocycles. The van der Waals surface area contributed by atoms with Crippen molar-refractivity contribution in [2.45, 2.75) is 13.8 Å². The van der Waals surface area contributed by atoms with Crippen molar-refractivity contribution in [2.75, 3.05) is 15.8 Å². The standard InChI is InChI=1S/C24H22N6O2/c1-17-13-14-21(18(2)15-17)27-23-22(30(31)32)24(26-16-25-23)28-29(19-9-5-3-6-10-19)20-11-7-4-8-12-20/h3-16H,1-2H3,(H2,25,26,27,28). The second-order valence-electron chi connectivity index (χ2n) is 7.24. The summed E-state index contributed by atoms with van der Waals surface area (Å²) in [6.07, 6.45) is 1.30. The van der Waals surface area contributed by atoms with Crippen molar-refractivity contribution < 1.29 is 4.92 Å². The van der Waals surface area contributed by atoms with E-state index < -0.39 is 4.92 Å². The van der Waals surface area contributed by atoms with E-state index in [4.69, 9.17) is 0 Å². The van der Waals surface area contributed by atoms with Crippen LogP contribution in [-0.4, -0.2) is 14.9 Å². The predicted molar refractivity (Wildman–Crippen MR) is 127 cm³/mol. The summed E-state index contributed by atoms with van der Waals surface area (Å²) in [5, 5.41) is 16.9. The third-order valence-electron chi connectivity index (χ3n) is 4.89. The highest BCUT2D eigenvalue weighted by Crippen LogP contribution is 2.34. The molecule has 0 bridgehead atoms. The maximum absolute atomic E-state index is 12.1. The lowest BCUT2D eigenvalue weighted by Gasteiger charge is -2.26. The van der Waals surface area contributed by atoms with Crippen LogP contribution >= 0.6 is 0 Å². The molecular formula is C24H22N6O2. The third-order valence-corrected chi connectivity index (χ3v) is 4.89. The van der Waals surface area contributed by atoms with Crippen LogP contribution in [0.4, 0.5) is 34.4 Å². The molecule has 0 saturated heterocycles. The molecule has 1 aromatic heterocycles. The van der Waals surface area contributed by atoms with E-state index in [1.54, 1.807) is 5.01 Å². The fourth-order valence-corrected chi connectivity index (χ4v) is 3.34. The zero-order chi connectivity index (χ0) is 22.5. The summed E-state index contributed by atoms with van der Waals surface area (Å²) in [4.78, 5) is 19.9. The maximum atomic E-state index is 12.1. The number of benzene rings is 3. The van der Waals surface area contributed by atoms with Gasteiger partial charge in [-0.3, -0.25) is 20.5 Å². The molecule has 8 heteroatoms. The molecule has 0 spiro atoms. The molecule has 0 radical (unpaired) electrons. The van der Waals surface area contributed by atoms with Crippen molar-refractivity contribution in [3.05, 3.63) is 106 Å². The van der Waals surface area contributed by atoms with Crippen LogP contribution in [0.2, 0.25) is 0 Å². The van der Waals surface area contributed by atoms with E-state index in [9.17, 15) is 10.1 Å². The zero-order valence-corrected chi connectivity index (χ0v) is 17.7. The average Bonchev–Trinajstić information content (AvgIpc) is 2.80. The Hall–Kier alpha value is -4.46. The summed E-state index contributed by atoms with van der Waals surface area (Å²) < 4.78 is 0. The number of nitro groups is 1. The van der Waals surface area contributed by atoms with Crippen LogP contribution in [0.5, 0.6) is 0 Å². The molecule has 4 aromatic rings. The molecule has 8 nitrogen and oxygen atoms in total. The fraction of sp³-hybridized carbons (Fsp3) is 0.0833. The van der Waals surface area contributed by atoms with E-state index in [0.29, 0.717) is 0 Å². The number of hydrogen-bond acceptors (Lipinski definition) is 7. The van der Waals surface area contributed by atoms with Crippen LogP contribution in [0.25, 0.3) is 0 Å². The van der Waals surface area contributed by atoms with Crippen LogP contribution in [0.3, 0.4) is 0 Å². The summed E-state index contributed by atoms with van der Waals surface area (Å²) in [5.41, 5.74) is 7.28. The third kappa shape index (κ3) is 4.49. The van der Waals surface area contributed by atoms with Crippen LogP contribution in [0.15, 0.2) is 85.2 Å². The first kappa shape index (κ1) is 20.8. The number of para-hydroxylation sites is 2. The van der Waals surface area contributed by atoms with Crippen molar-refractivity contribution in [2.24, 2.45) is 0 Å². The van der Waals surface area contributed by atoms with Gasteiger partial charge < -0.3 is 5.32 Å². The first-order valence-electron chi connectivity index (χ1n) is 10.0. The Bertz CT molecular complexity index is 1190. The highest BCUT2D eigenvalue weighted by Gasteiger charge is 2.25. The Morgan fingerprint density at radius 2 is 1.44 bits per heavy atom. The molecule has 32 heavy (non-hydrogen) atoms. The molecule has 0 fully saturated rings. The minimum Gasteiger partial charge on any atom is -0.334 e. The molecule has 0 unspecified atom stereocenters. The van der Waals surface area contributed by atoms with E-state index in [-0.39, 0.29) is 17.3 Å². The average molecular weight is 426 g/mol. The van der Waals surface area contributed by atoms with Crippen molar-refractivity contribution in [1.29, 1.82) is 0 Å². The van der Waals surface area contributed by atoms with Gasteiger partial charge in [-0.25, -0.2) is 9.97 Å². The van der Waals surface area contributed by atoms with Crippen molar-refractivity contribution >= 4 is 34.4 Å². The normalized spacial score (nSPS) is 10.4. The highest BCUT2D eigenvalue weighted by atomic mass is 16.6. The Morgan fingerprint density at radius 3 is 2.00 bits per heavy atom. The zero-order valence-electron chi connectivity index (χ0n) is 17.7. The van der Waals surface area contributed by atoms with Crippen molar-refractivity contribution in [1.82, 2.24) is 9.97 Å². The van der Waals surface area contributed by atoms with Gasteiger partial charge in [0.1, 0.15) is 6.33 Å². The van der Waals surface area contributed by atoms with Crippen LogP contribution in [0, 0.1) is 24.0 Å². The van der Waals surface area contributed by atoms with Crippen LogP contribution < -0.4 is 15.8 Å². The second kappa shape index (κ2) is 9.13. The molecular weight excluding hydrogens is 404 g/mol. The second-order valence-corrected chi connectivity index (χ2v) is 7.24. The Kier molecular flexibility index (Phi) is 5.94. The summed E-state index contributed by atoms with van der Waals surface area (Å²) in [6, 6.07) is 24.8. The Balaban J connectivity index is 1.75. The molecule has 0 amide bonds. The number of aryl methyl sites for hydroxylation is 2. The van der Waals surface area contributed by atoms with Gasteiger partial charge in [0.15, 0.2) is 0 Å². The minimum absolute atomic E-state index is 0.0740. The van der Waals surface area contributed by atoms with Crippen molar-refractivity contribution in [3.63, 3.8) is 0 Å². The van der Waals surface area contributed by atoms with Gasteiger partial charge in [0.2, 0.25) is 11.6 Å². The first-order chi connectivity index (χ1) is 15.5. The Morgan fingerprint density at radius 1 is 0.844 bits per heavy atom. The fourth-order valence-electron chi connectivity index (χ4n) is 3.34. The minimum atomic E-state index is -0.484. The van der Waals surface area contributed by atoms with E-state index in [1.807, 2.05) is 92.7 Å². The molecule has 3 aromatic carbocycles. The molecule has 0 atom stereocenters. The summed E-state index contributed by atoms with van der Waals surface area (Å²) in [7, 11) is 0. The van der Waals surface area contributed by atoms with Gasteiger partial charge >= 0.3 is 5.69 Å². The molecule has 0 saturated carbocycles. The SMILES string of the molecule is Cc1ccc(Nc2ncnc(NN(c3ccccc3)c3ccccc3)c2[N+](=O)[O-])c(C)c1. The molecule has 2 N–H and O–H groups in total. The highest BCUT2D eigenvalue weighted by molar-refractivity contribution is 5.77. The number of nitrogens with one attached hydrogen (secondary N) is 2. The van der Waals surface area contributed by atoms with Gasteiger partial charge in [-0.1, -0.05) is 54.1 Å². The molecule has 4 rings (SSSR count). The van der Waals surface area contributed by atoms with Gasteiger partial charge in [-0.15, -0.1) is 0 Å².